The summed E-state index contributed by atoms with van der Waals surface area (Å²) in [7, 11) is 0. The van der Waals surface area contributed by atoms with Crippen molar-refractivity contribution in [3.05, 3.63) is 20.8 Å². The Morgan fingerprint density at radius 1 is 1.64 bits per heavy atom. The molecule has 0 saturated heterocycles. The van der Waals surface area contributed by atoms with Gasteiger partial charge < -0.3 is 5.32 Å². The van der Waals surface area contributed by atoms with Crippen molar-refractivity contribution in [1.29, 1.82) is 0 Å². The first-order valence-electron chi connectivity index (χ1n) is 4.61. The first kappa shape index (κ1) is 10.2. The van der Waals surface area contributed by atoms with Gasteiger partial charge in [-0.25, -0.2) is 0 Å². The van der Waals surface area contributed by atoms with Gasteiger partial charge in [-0.05, 0) is 34.2 Å². The molecule has 4 heteroatoms. The summed E-state index contributed by atoms with van der Waals surface area (Å²) in [6.45, 7) is 3.00. The molecule has 0 spiro atoms. The van der Waals surface area contributed by atoms with Crippen LogP contribution in [-0.2, 0) is 0 Å². The van der Waals surface area contributed by atoms with Crippen molar-refractivity contribution in [3.63, 3.8) is 0 Å². The van der Waals surface area contributed by atoms with Gasteiger partial charge >= 0.3 is 0 Å². The summed E-state index contributed by atoms with van der Waals surface area (Å²) in [5.74, 6) is 0.0336. The van der Waals surface area contributed by atoms with Crippen molar-refractivity contribution in [3.8, 4) is 0 Å². The van der Waals surface area contributed by atoms with E-state index in [-0.39, 0.29) is 5.91 Å². The summed E-state index contributed by atoms with van der Waals surface area (Å²) in [6.07, 6.45) is 2.47. The van der Waals surface area contributed by atoms with Crippen LogP contribution in [0.25, 0.3) is 0 Å². The van der Waals surface area contributed by atoms with Crippen LogP contribution in [0.1, 0.15) is 30.1 Å². The van der Waals surface area contributed by atoms with Crippen LogP contribution >= 0.6 is 27.3 Å². The Morgan fingerprint density at radius 3 is 2.86 bits per heavy atom. The number of amides is 1. The van der Waals surface area contributed by atoms with E-state index in [0.717, 1.165) is 16.6 Å². The minimum atomic E-state index is 0.0336. The molecule has 0 unspecified atom stereocenters. The Balaban J connectivity index is 1.93. The fourth-order valence-electron chi connectivity index (χ4n) is 1.22. The van der Waals surface area contributed by atoms with Gasteiger partial charge in [-0.1, -0.05) is 6.92 Å². The summed E-state index contributed by atoms with van der Waals surface area (Å²) >= 11 is 4.89. The number of nitrogens with one attached hydrogen (secondary N) is 1. The van der Waals surface area contributed by atoms with Gasteiger partial charge in [0.15, 0.2) is 0 Å². The first-order chi connectivity index (χ1) is 6.61. The number of carbonyl (C=O) groups is 1. The highest BCUT2D eigenvalue weighted by Gasteiger charge is 2.37. The summed E-state index contributed by atoms with van der Waals surface area (Å²) in [4.78, 5) is 11.7. The number of halogens is 1. The van der Waals surface area contributed by atoms with Crippen molar-refractivity contribution >= 4 is 33.2 Å². The van der Waals surface area contributed by atoms with Gasteiger partial charge in [-0.3, -0.25) is 4.79 Å². The second kappa shape index (κ2) is 3.66. The maximum atomic E-state index is 11.7. The zero-order valence-corrected chi connectivity index (χ0v) is 10.4. The molecule has 0 radical (unpaired) electrons. The molecule has 76 valence electrons. The van der Waals surface area contributed by atoms with Crippen molar-refractivity contribution < 1.29 is 4.79 Å². The molecule has 1 N–H and O–H groups in total. The van der Waals surface area contributed by atoms with E-state index in [0.29, 0.717) is 5.41 Å². The smallest absolute Gasteiger partial charge is 0.253 e. The fraction of sp³-hybridized carbons (Fsp3) is 0.500. The number of hydrogen-bond donors (Lipinski definition) is 1. The van der Waals surface area contributed by atoms with E-state index in [9.17, 15) is 4.79 Å². The molecule has 1 aliphatic carbocycles. The van der Waals surface area contributed by atoms with Crippen molar-refractivity contribution in [2.24, 2.45) is 5.41 Å². The average molecular weight is 274 g/mol. The Labute approximate surface area is 95.8 Å². The normalized spacial score (nSPS) is 17.9. The monoisotopic (exact) mass is 273 g/mol. The van der Waals surface area contributed by atoms with E-state index >= 15 is 0 Å². The van der Waals surface area contributed by atoms with E-state index < -0.39 is 0 Å². The van der Waals surface area contributed by atoms with Crippen molar-refractivity contribution in [2.45, 2.75) is 19.8 Å². The topological polar surface area (TPSA) is 29.1 Å². The predicted molar refractivity (Wildman–Crippen MR) is 61.7 cm³/mol. The van der Waals surface area contributed by atoms with Crippen LogP contribution in [0.15, 0.2) is 15.2 Å². The first-order valence-corrected chi connectivity index (χ1v) is 6.34. The summed E-state index contributed by atoms with van der Waals surface area (Å²) < 4.78 is 0.890. The lowest BCUT2D eigenvalue weighted by molar-refractivity contribution is 0.0946. The Kier molecular flexibility index (Phi) is 2.66. The van der Waals surface area contributed by atoms with Crippen molar-refractivity contribution in [1.82, 2.24) is 5.32 Å². The highest BCUT2D eigenvalue weighted by molar-refractivity contribution is 9.10. The van der Waals surface area contributed by atoms with E-state index in [1.54, 1.807) is 0 Å². The molecule has 0 bridgehead atoms. The molecule has 14 heavy (non-hydrogen) atoms. The quantitative estimate of drug-likeness (QED) is 0.901. The molecule has 1 aromatic rings. The third-order valence-corrected chi connectivity index (χ3v) is 4.34. The van der Waals surface area contributed by atoms with Crippen LogP contribution < -0.4 is 5.32 Å². The molecule has 1 aromatic heterocycles. The van der Waals surface area contributed by atoms with Crippen LogP contribution in [0.4, 0.5) is 0 Å². The molecule has 1 saturated carbocycles. The van der Waals surface area contributed by atoms with Crippen LogP contribution in [-0.4, -0.2) is 12.5 Å². The minimum absolute atomic E-state index is 0.0336. The Bertz CT molecular complexity index is 357. The number of thiophene rings is 1. The summed E-state index contributed by atoms with van der Waals surface area (Å²) in [6, 6.07) is 0. The van der Waals surface area contributed by atoms with Crippen LogP contribution in [0, 0.1) is 5.41 Å². The van der Waals surface area contributed by atoms with Gasteiger partial charge in [0.2, 0.25) is 0 Å². The number of carbonyl (C=O) groups excluding carboxylic acids is 1. The van der Waals surface area contributed by atoms with Crippen molar-refractivity contribution in [2.75, 3.05) is 6.54 Å². The van der Waals surface area contributed by atoms with E-state index in [1.165, 1.54) is 24.2 Å². The largest absolute Gasteiger partial charge is 0.351 e. The fourth-order valence-corrected chi connectivity index (χ4v) is 2.68. The molecular weight excluding hydrogens is 262 g/mol. The molecule has 1 heterocycles. The van der Waals surface area contributed by atoms with Gasteiger partial charge in [0, 0.05) is 21.8 Å². The molecule has 1 aliphatic rings. The summed E-state index contributed by atoms with van der Waals surface area (Å²) in [5, 5.41) is 6.76. The van der Waals surface area contributed by atoms with E-state index in [2.05, 4.69) is 28.2 Å². The van der Waals surface area contributed by atoms with Crippen LogP contribution in [0.3, 0.4) is 0 Å². The SMILES string of the molecule is CC1(CNC(=O)c2cscc2Br)CC1. The second-order valence-corrected chi connectivity index (χ2v) is 5.72. The van der Waals surface area contributed by atoms with E-state index in [1.807, 2.05) is 10.8 Å². The van der Waals surface area contributed by atoms with Gasteiger partial charge in [-0.15, -0.1) is 0 Å². The number of hydrogen-bond acceptors (Lipinski definition) is 2. The third-order valence-electron chi connectivity index (χ3n) is 2.64. The van der Waals surface area contributed by atoms with Crippen LogP contribution in [0.5, 0.6) is 0 Å². The highest BCUT2D eigenvalue weighted by Crippen LogP contribution is 2.44. The molecule has 0 atom stereocenters. The van der Waals surface area contributed by atoms with Crippen LogP contribution in [0.2, 0.25) is 0 Å². The van der Waals surface area contributed by atoms with Gasteiger partial charge in [0.1, 0.15) is 0 Å². The van der Waals surface area contributed by atoms with E-state index in [4.69, 9.17) is 0 Å². The molecule has 2 nitrogen and oxygen atoms in total. The lowest BCUT2D eigenvalue weighted by Crippen LogP contribution is -2.28. The molecule has 0 aromatic carbocycles. The zero-order chi connectivity index (χ0) is 10.2. The Morgan fingerprint density at radius 2 is 2.36 bits per heavy atom. The molecule has 2 rings (SSSR count). The maximum absolute atomic E-state index is 11.7. The van der Waals surface area contributed by atoms with Gasteiger partial charge in [0.05, 0.1) is 5.56 Å². The molecule has 1 fully saturated rings. The minimum Gasteiger partial charge on any atom is -0.351 e. The molecule has 1 amide bonds. The number of rotatable bonds is 3. The lowest BCUT2D eigenvalue weighted by atomic mass is 10.1. The summed E-state index contributed by atoms with van der Waals surface area (Å²) in [5.41, 5.74) is 1.12. The highest BCUT2D eigenvalue weighted by atomic mass is 79.9. The second-order valence-electron chi connectivity index (χ2n) is 4.13. The third kappa shape index (κ3) is 2.17. The van der Waals surface area contributed by atoms with Gasteiger partial charge in [-0.2, -0.15) is 11.3 Å². The Hall–Kier alpha value is -0.350. The average Bonchev–Trinajstić information content (AvgIpc) is 2.72. The molecular formula is C10H12BrNOS. The predicted octanol–water partition coefficient (Wildman–Crippen LogP) is 3.04. The maximum Gasteiger partial charge on any atom is 0.253 e. The van der Waals surface area contributed by atoms with Gasteiger partial charge in [0.25, 0.3) is 5.91 Å². The standard InChI is InChI=1S/C10H12BrNOS/c1-10(2-3-10)6-12-9(13)7-4-14-5-8(7)11/h4-5H,2-3,6H2,1H3,(H,12,13). The molecule has 0 aliphatic heterocycles. The zero-order valence-electron chi connectivity index (χ0n) is 7.97. The lowest BCUT2D eigenvalue weighted by Gasteiger charge is -2.09.